The molecule has 30 heavy (non-hydrogen) atoms. The predicted octanol–water partition coefficient (Wildman–Crippen LogP) is 7.09. The highest BCUT2D eigenvalue weighted by Crippen LogP contribution is 2.53. The molecular formula is C26H35O3P. The fourth-order valence-electron chi connectivity index (χ4n) is 3.99. The van der Waals surface area contributed by atoms with E-state index in [-0.39, 0.29) is 11.6 Å². The van der Waals surface area contributed by atoms with Crippen molar-refractivity contribution in [1.82, 2.24) is 0 Å². The maximum absolute atomic E-state index is 14.0. The number of benzene rings is 2. The summed E-state index contributed by atoms with van der Waals surface area (Å²) in [5, 5.41) is 0. The lowest BCUT2D eigenvalue weighted by Gasteiger charge is -2.24. The maximum atomic E-state index is 14.0. The Balaban J connectivity index is 2.66. The minimum atomic E-state index is -3.79. The Labute approximate surface area is 181 Å². The van der Waals surface area contributed by atoms with Crippen molar-refractivity contribution >= 4 is 18.2 Å². The highest BCUT2D eigenvalue weighted by molar-refractivity contribution is 7.95. The van der Waals surface area contributed by atoms with Gasteiger partial charge in [-0.25, -0.2) is 0 Å². The van der Waals surface area contributed by atoms with Crippen molar-refractivity contribution in [3.8, 4) is 0 Å². The summed E-state index contributed by atoms with van der Waals surface area (Å²) < 4.78 is 14.0. The van der Waals surface area contributed by atoms with Crippen LogP contribution in [0.5, 0.6) is 0 Å². The molecule has 0 fully saturated rings. The Morgan fingerprint density at radius 2 is 1.27 bits per heavy atom. The van der Waals surface area contributed by atoms with E-state index in [9.17, 15) is 14.2 Å². The summed E-state index contributed by atoms with van der Waals surface area (Å²) in [5.74, 6) is 0. The molecule has 0 bridgehead atoms. The summed E-state index contributed by atoms with van der Waals surface area (Å²) in [5.41, 5.74) is 4.29. The van der Waals surface area contributed by atoms with Gasteiger partial charge in [-0.05, 0) is 59.9 Å². The summed E-state index contributed by atoms with van der Waals surface area (Å²) >= 11 is 0. The van der Waals surface area contributed by atoms with Crippen molar-refractivity contribution in [2.75, 3.05) is 6.16 Å². The Kier molecular flexibility index (Phi) is 7.30. The average molecular weight is 427 g/mol. The number of rotatable bonds is 7. The fourth-order valence-corrected chi connectivity index (χ4v) is 6.11. The van der Waals surface area contributed by atoms with E-state index in [4.69, 9.17) is 0 Å². The molecule has 1 unspecified atom stereocenters. The van der Waals surface area contributed by atoms with Crippen LogP contribution in [0.3, 0.4) is 0 Å². The highest BCUT2D eigenvalue weighted by Gasteiger charge is 2.41. The third-order valence-corrected chi connectivity index (χ3v) is 8.58. The molecule has 1 atom stereocenters. The molecule has 0 aliphatic carbocycles. The van der Waals surface area contributed by atoms with Gasteiger partial charge in [-0.2, -0.15) is 0 Å². The zero-order valence-corrected chi connectivity index (χ0v) is 20.6. The third kappa shape index (κ3) is 4.37. The van der Waals surface area contributed by atoms with Crippen molar-refractivity contribution in [3.63, 3.8) is 0 Å². The predicted molar refractivity (Wildman–Crippen MR) is 127 cm³/mol. The lowest BCUT2D eigenvalue weighted by atomic mass is 9.84. The monoisotopic (exact) mass is 426 g/mol. The maximum Gasteiger partial charge on any atom is 0.229 e. The minimum absolute atomic E-state index is 0.0335. The van der Waals surface area contributed by atoms with Crippen LogP contribution in [0.15, 0.2) is 30.3 Å². The third-order valence-electron chi connectivity index (χ3n) is 5.93. The Hall–Kier alpha value is -1.99. The molecule has 0 N–H and O–H groups in total. The molecule has 0 amide bonds. The summed E-state index contributed by atoms with van der Waals surface area (Å²) in [6, 6.07) is 9.69. The van der Waals surface area contributed by atoms with Gasteiger partial charge < -0.3 is 4.57 Å². The fraction of sp³-hybridized carbons (Fsp3) is 0.462. The quantitative estimate of drug-likeness (QED) is 0.444. The van der Waals surface area contributed by atoms with E-state index in [1.165, 1.54) is 0 Å². The van der Waals surface area contributed by atoms with Gasteiger partial charge in [0.1, 0.15) is 0 Å². The number of carbonyl (C=O) groups is 2. The van der Waals surface area contributed by atoms with Crippen LogP contribution in [-0.4, -0.2) is 17.2 Å². The van der Waals surface area contributed by atoms with Crippen LogP contribution < -0.4 is 0 Å². The molecule has 0 spiro atoms. The number of hydrogen-bond donors (Lipinski definition) is 0. The van der Waals surface area contributed by atoms with E-state index in [1.807, 2.05) is 58.0 Å². The number of hydrogen-bond acceptors (Lipinski definition) is 3. The van der Waals surface area contributed by atoms with Gasteiger partial charge >= 0.3 is 0 Å². The molecule has 2 aromatic carbocycles. The molecule has 0 saturated heterocycles. The smallest absolute Gasteiger partial charge is 0.229 e. The van der Waals surface area contributed by atoms with Crippen molar-refractivity contribution in [1.29, 1.82) is 0 Å². The van der Waals surface area contributed by atoms with Crippen LogP contribution in [0.4, 0.5) is 0 Å². The summed E-state index contributed by atoms with van der Waals surface area (Å²) in [6.07, 6.45) is 1.35. The van der Waals surface area contributed by atoms with Gasteiger partial charge in [-0.1, -0.05) is 71.9 Å². The first-order valence-corrected chi connectivity index (χ1v) is 12.7. The van der Waals surface area contributed by atoms with Gasteiger partial charge in [-0.3, -0.25) is 9.59 Å². The van der Waals surface area contributed by atoms with E-state index < -0.39 is 18.2 Å². The molecule has 0 aliphatic rings. The van der Waals surface area contributed by atoms with Gasteiger partial charge in [0.25, 0.3) is 0 Å². The zero-order chi connectivity index (χ0) is 22.9. The lowest BCUT2D eigenvalue weighted by molar-refractivity contribution is 0.103. The van der Waals surface area contributed by atoms with E-state index in [1.54, 1.807) is 6.92 Å². The Morgan fingerprint density at radius 3 is 1.63 bits per heavy atom. The SMILES string of the molecule is CCc1cccc(CC)c1C(=O)P(=O)(CC)C(=O)c1c(C)cc(C(C)(C)C)cc1C. The molecule has 0 saturated carbocycles. The molecule has 2 rings (SSSR count). The lowest BCUT2D eigenvalue weighted by Crippen LogP contribution is -2.18. The van der Waals surface area contributed by atoms with Crippen LogP contribution in [0.2, 0.25) is 0 Å². The summed E-state index contributed by atoms with van der Waals surface area (Å²) in [7, 11) is -3.79. The second-order valence-electron chi connectivity index (χ2n) is 9.06. The van der Waals surface area contributed by atoms with Gasteiger partial charge in [0, 0.05) is 17.3 Å². The number of carbonyl (C=O) groups excluding carboxylic acids is 2. The van der Waals surface area contributed by atoms with Gasteiger partial charge in [0.15, 0.2) is 0 Å². The van der Waals surface area contributed by atoms with Crippen LogP contribution in [-0.2, 0) is 22.8 Å². The highest BCUT2D eigenvalue weighted by atomic mass is 31.2. The van der Waals surface area contributed by atoms with Gasteiger partial charge in [-0.15, -0.1) is 0 Å². The van der Waals surface area contributed by atoms with Crippen LogP contribution >= 0.6 is 7.14 Å². The Bertz CT molecular complexity index is 980. The first-order valence-electron chi connectivity index (χ1n) is 10.8. The van der Waals surface area contributed by atoms with Crippen molar-refractivity contribution in [2.45, 2.75) is 73.6 Å². The molecule has 0 heterocycles. The van der Waals surface area contributed by atoms with Crippen LogP contribution in [0, 0.1) is 13.8 Å². The first-order chi connectivity index (χ1) is 13.9. The van der Waals surface area contributed by atoms with Crippen molar-refractivity contribution in [3.05, 3.63) is 69.3 Å². The van der Waals surface area contributed by atoms with Crippen LogP contribution in [0.1, 0.15) is 90.1 Å². The zero-order valence-electron chi connectivity index (χ0n) is 19.7. The molecule has 2 aromatic rings. The van der Waals surface area contributed by atoms with Crippen molar-refractivity contribution in [2.24, 2.45) is 0 Å². The van der Waals surface area contributed by atoms with Gasteiger partial charge in [0.05, 0.1) is 0 Å². The molecule has 3 nitrogen and oxygen atoms in total. The van der Waals surface area contributed by atoms with Crippen molar-refractivity contribution < 1.29 is 14.2 Å². The molecule has 4 heteroatoms. The van der Waals surface area contributed by atoms with Gasteiger partial charge in [0.2, 0.25) is 18.2 Å². The molecule has 0 aliphatic heterocycles. The van der Waals surface area contributed by atoms with E-state index >= 15 is 0 Å². The van der Waals surface area contributed by atoms with E-state index in [2.05, 4.69) is 20.8 Å². The topological polar surface area (TPSA) is 51.2 Å². The molecule has 162 valence electrons. The Morgan fingerprint density at radius 1 is 0.833 bits per heavy atom. The van der Waals surface area contributed by atoms with E-state index in [0.717, 1.165) is 27.8 Å². The largest absolute Gasteiger partial charge is 0.307 e. The summed E-state index contributed by atoms with van der Waals surface area (Å²) in [6.45, 7) is 15.7. The second kappa shape index (κ2) is 9.02. The molecule has 0 radical (unpaired) electrons. The second-order valence-corrected chi connectivity index (χ2v) is 12.0. The number of aryl methyl sites for hydroxylation is 4. The minimum Gasteiger partial charge on any atom is -0.307 e. The molecule has 0 aromatic heterocycles. The first kappa shape index (κ1) is 24.3. The summed E-state index contributed by atoms with van der Waals surface area (Å²) in [4.78, 5) is 27.3. The average Bonchev–Trinajstić information content (AvgIpc) is 2.70. The standard InChI is InChI=1S/C26H35O3P/c1-9-19-13-12-14-20(10-2)23(19)25(28)30(29,11-3)24(27)22-17(4)15-21(16-18(22)5)26(6,7)8/h12-16H,9-11H2,1-8H3. The normalized spacial score (nSPS) is 13.7. The molecular weight excluding hydrogens is 391 g/mol. The van der Waals surface area contributed by atoms with E-state index in [0.29, 0.717) is 24.0 Å². The van der Waals surface area contributed by atoms with Crippen LogP contribution in [0.25, 0.3) is 0 Å².